The van der Waals surface area contributed by atoms with Gasteiger partial charge >= 0.3 is 8.80 Å². The maximum Gasteiger partial charge on any atom is 0.602 e. The summed E-state index contributed by atoms with van der Waals surface area (Å²) in [4.78, 5) is 0. The van der Waals surface area contributed by atoms with E-state index in [1.165, 1.54) is 0 Å². The molecule has 2 aromatic carbocycles. The third kappa shape index (κ3) is 3.48. The summed E-state index contributed by atoms with van der Waals surface area (Å²) in [6.45, 7) is 5.01. The highest BCUT2D eigenvalue weighted by Crippen LogP contribution is 2.17. The maximum atomic E-state index is 6.16. The minimum Gasteiger partial charge on any atom is -0.498 e. The fraction of sp³-hybridized carbons (Fsp3) is 0.250. The molecule has 20 heavy (non-hydrogen) atoms. The summed E-state index contributed by atoms with van der Waals surface area (Å²) < 4.78 is 18.1. The van der Waals surface area contributed by atoms with Crippen molar-refractivity contribution in [3.05, 3.63) is 60.7 Å². The average Bonchev–Trinajstić information content (AvgIpc) is 2.49. The van der Waals surface area contributed by atoms with Gasteiger partial charge in [-0.15, -0.1) is 0 Å². The topological polar surface area (TPSA) is 27.7 Å². The molecule has 0 heterocycles. The Balaban J connectivity index is 2.36. The highest BCUT2D eigenvalue weighted by atomic mass is 28.4. The van der Waals surface area contributed by atoms with Gasteiger partial charge in [0.05, 0.1) is 0 Å². The zero-order valence-corrected chi connectivity index (χ0v) is 12.9. The normalized spacial score (nSPS) is 11.3. The Labute approximate surface area is 121 Å². The van der Waals surface area contributed by atoms with Crippen LogP contribution in [0.15, 0.2) is 60.7 Å². The SMILES string of the molecule is CCO[Si](OCC)(Oc1ccccc1)c1ccccc1. The lowest BCUT2D eigenvalue weighted by atomic mass is 10.3. The molecule has 2 rings (SSSR count). The van der Waals surface area contributed by atoms with E-state index >= 15 is 0 Å². The molecular weight excluding hydrogens is 268 g/mol. The molecule has 2 aromatic rings. The molecule has 0 atom stereocenters. The first kappa shape index (κ1) is 14.8. The monoisotopic (exact) mass is 288 g/mol. The van der Waals surface area contributed by atoms with Crippen LogP contribution in [0.4, 0.5) is 0 Å². The molecule has 0 aromatic heterocycles. The van der Waals surface area contributed by atoms with Crippen LogP contribution in [0.2, 0.25) is 0 Å². The molecule has 0 fully saturated rings. The second-order valence-electron chi connectivity index (χ2n) is 4.20. The summed E-state index contributed by atoms with van der Waals surface area (Å²) in [5.74, 6) is 0.768. The van der Waals surface area contributed by atoms with Gasteiger partial charge in [-0.1, -0.05) is 48.5 Å². The molecule has 3 nitrogen and oxygen atoms in total. The number of rotatable bonds is 7. The van der Waals surface area contributed by atoms with E-state index in [4.69, 9.17) is 13.3 Å². The Morgan fingerprint density at radius 1 is 0.750 bits per heavy atom. The summed E-state index contributed by atoms with van der Waals surface area (Å²) in [5.41, 5.74) is 0. The van der Waals surface area contributed by atoms with Crippen LogP contribution in [0.3, 0.4) is 0 Å². The van der Waals surface area contributed by atoms with Crippen molar-refractivity contribution in [1.82, 2.24) is 0 Å². The molecule has 0 aliphatic carbocycles. The molecule has 0 unspecified atom stereocenters. The van der Waals surface area contributed by atoms with Crippen molar-refractivity contribution in [1.29, 1.82) is 0 Å². The van der Waals surface area contributed by atoms with Crippen molar-refractivity contribution >= 4 is 14.0 Å². The van der Waals surface area contributed by atoms with Crippen LogP contribution in [-0.2, 0) is 8.85 Å². The van der Waals surface area contributed by atoms with Crippen LogP contribution in [0, 0.1) is 0 Å². The predicted molar refractivity (Wildman–Crippen MR) is 82.2 cm³/mol. The lowest BCUT2D eigenvalue weighted by Crippen LogP contribution is -2.59. The first-order chi connectivity index (χ1) is 9.80. The second kappa shape index (κ2) is 7.24. The van der Waals surface area contributed by atoms with Gasteiger partial charge in [0.1, 0.15) is 5.75 Å². The first-order valence-corrected chi connectivity index (χ1v) is 8.60. The minimum absolute atomic E-state index is 0.550. The molecule has 0 saturated carbocycles. The molecular formula is C16H20O3Si. The summed E-state index contributed by atoms with van der Waals surface area (Å²) >= 11 is 0. The zero-order chi connectivity index (χ0) is 14.3. The Bertz CT molecular complexity index is 496. The van der Waals surface area contributed by atoms with Crippen molar-refractivity contribution in [3.8, 4) is 5.75 Å². The molecule has 4 heteroatoms. The van der Waals surface area contributed by atoms with Crippen molar-refractivity contribution in [2.75, 3.05) is 13.2 Å². The molecule has 106 valence electrons. The number of hydrogen-bond donors (Lipinski definition) is 0. The first-order valence-electron chi connectivity index (χ1n) is 6.88. The van der Waals surface area contributed by atoms with E-state index in [1.807, 2.05) is 74.5 Å². The molecule has 0 N–H and O–H groups in total. The third-order valence-electron chi connectivity index (χ3n) is 2.79. The van der Waals surface area contributed by atoms with Crippen molar-refractivity contribution < 1.29 is 13.3 Å². The molecule has 0 bridgehead atoms. The van der Waals surface area contributed by atoms with Gasteiger partial charge in [-0.2, -0.15) is 0 Å². The summed E-state index contributed by atoms with van der Waals surface area (Å²) in [5, 5.41) is 0.979. The fourth-order valence-corrected chi connectivity index (χ4v) is 4.45. The van der Waals surface area contributed by atoms with E-state index in [0.717, 1.165) is 10.9 Å². The van der Waals surface area contributed by atoms with E-state index in [-0.39, 0.29) is 0 Å². The van der Waals surface area contributed by atoms with E-state index < -0.39 is 8.80 Å². The van der Waals surface area contributed by atoms with Gasteiger partial charge in [0.2, 0.25) is 0 Å². The Kier molecular flexibility index (Phi) is 5.35. The molecule has 0 aliphatic rings. The van der Waals surface area contributed by atoms with Gasteiger partial charge in [0.15, 0.2) is 0 Å². The van der Waals surface area contributed by atoms with Gasteiger partial charge < -0.3 is 13.3 Å². The average molecular weight is 288 g/mol. The standard InChI is InChI=1S/C16H20O3Si/c1-3-17-20(18-4-2,16-13-9-6-10-14-16)19-15-11-7-5-8-12-15/h5-14H,3-4H2,1-2H3. The van der Waals surface area contributed by atoms with Gasteiger partial charge in [0.25, 0.3) is 0 Å². The zero-order valence-electron chi connectivity index (χ0n) is 11.9. The van der Waals surface area contributed by atoms with Gasteiger partial charge in [-0.25, -0.2) is 0 Å². The molecule has 0 aliphatic heterocycles. The minimum atomic E-state index is -2.91. The second-order valence-corrected chi connectivity index (χ2v) is 6.67. The van der Waals surface area contributed by atoms with E-state index in [1.54, 1.807) is 0 Å². The number of benzene rings is 2. The fourth-order valence-electron chi connectivity index (χ4n) is 1.99. The van der Waals surface area contributed by atoms with Crippen LogP contribution in [0.25, 0.3) is 0 Å². The molecule has 0 spiro atoms. The third-order valence-corrected chi connectivity index (χ3v) is 5.67. The summed E-state index contributed by atoms with van der Waals surface area (Å²) in [6, 6.07) is 19.6. The van der Waals surface area contributed by atoms with Crippen molar-refractivity contribution in [2.24, 2.45) is 0 Å². The lowest BCUT2D eigenvalue weighted by molar-refractivity contribution is 0.132. The largest absolute Gasteiger partial charge is 0.602 e. The number of para-hydroxylation sites is 1. The van der Waals surface area contributed by atoms with Crippen LogP contribution >= 0.6 is 0 Å². The Hall–Kier alpha value is -1.62. The van der Waals surface area contributed by atoms with Crippen molar-refractivity contribution in [2.45, 2.75) is 13.8 Å². The van der Waals surface area contributed by atoms with Gasteiger partial charge in [-0.05, 0) is 26.0 Å². The Morgan fingerprint density at radius 3 is 1.75 bits per heavy atom. The Morgan fingerprint density at radius 2 is 1.25 bits per heavy atom. The smallest absolute Gasteiger partial charge is 0.498 e. The molecule has 0 amide bonds. The van der Waals surface area contributed by atoms with Crippen LogP contribution in [-0.4, -0.2) is 22.0 Å². The van der Waals surface area contributed by atoms with Crippen molar-refractivity contribution in [3.63, 3.8) is 0 Å². The lowest BCUT2D eigenvalue weighted by Gasteiger charge is -2.29. The quantitative estimate of drug-likeness (QED) is 0.733. The predicted octanol–water partition coefficient (Wildman–Crippen LogP) is 2.98. The van der Waals surface area contributed by atoms with Crippen LogP contribution in [0.5, 0.6) is 5.75 Å². The number of hydrogen-bond acceptors (Lipinski definition) is 3. The molecule has 0 saturated heterocycles. The maximum absolute atomic E-state index is 6.16. The molecule has 0 radical (unpaired) electrons. The summed E-state index contributed by atoms with van der Waals surface area (Å²) in [6.07, 6.45) is 0. The highest BCUT2D eigenvalue weighted by molar-refractivity contribution is 6.76. The van der Waals surface area contributed by atoms with Crippen LogP contribution < -0.4 is 9.61 Å². The highest BCUT2D eigenvalue weighted by Gasteiger charge is 2.45. The van der Waals surface area contributed by atoms with E-state index in [9.17, 15) is 0 Å². The van der Waals surface area contributed by atoms with E-state index in [2.05, 4.69) is 0 Å². The van der Waals surface area contributed by atoms with Gasteiger partial charge in [0, 0.05) is 18.4 Å². The van der Waals surface area contributed by atoms with E-state index in [0.29, 0.717) is 13.2 Å². The summed E-state index contributed by atoms with van der Waals surface area (Å²) in [7, 11) is -2.91. The van der Waals surface area contributed by atoms with Crippen LogP contribution in [0.1, 0.15) is 13.8 Å². The van der Waals surface area contributed by atoms with Gasteiger partial charge in [-0.3, -0.25) is 0 Å².